The maximum absolute atomic E-state index is 11.9. The lowest BCUT2D eigenvalue weighted by Crippen LogP contribution is -2.47. The Kier molecular flexibility index (Phi) is 5.81. The van der Waals surface area contributed by atoms with E-state index in [1.165, 1.54) is 19.3 Å². The van der Waals surface area contributed by atoms with E-state index in [-0.39, 0.29) is 18.6 Å². The summed E-state index contributed by atoms with van der Waals surface area (Å²) in [6, 6.07) is 1.02. The van der Waals surface area contributed by atoms with E-state index in [2.05, 4.69) is 15.1 Å². The summed E-state index contributed by atoms with van der Waals surface area (Å²) in [5.74, 6) is 0.132. The van der Waals surface area contributed by atoms with Crippen LogP contribution in [0.5, 0.6) is 0 Å². The van der Waals surface area contributed by atoms with Gasteiger partial charge in [0.2, 0.25) is 5.91 Å². The van der Waals surface area contributed by atoms with Crippen LogP contribution < -0.4 is 5.32 Å². The van der Waals surface area contributed by atoms with Crippen LogP contribution in [-0.2, 0) is 4.79 Å². The van der Waals surface area contributed by atoms with E-state index in [0.717, 1.165) is 26.1 Å². The summed E-state index contributed by atoms with van der Waals surface area (Å²) in [6.07, 6.45) is 4.64. The Hall–Kier alpha value is -0.650. The van der Waals surface area contributed by atoms with Crippen LogP contribution in [0.3, 0.4) is 0 Å². The molecule has 116 valence electrons. The number of carbonyl (C=O) groups excluding carboxylic acids is 1. The second-order valence-corrected chi connectivity index (χ2v) is 6.46. The summed E-state index contributed by atoms with van der Waals surface area (Å²) < 4.78 is 0. The number of aliphatic hydroxyl groups excluding tert-OH is 1. The van der Waals surface area contributed by atoms with E-state index < -0.39 is 0 Å². The first-order chi connectivity index (χ1) is 9.60. The Balaban J connectivity index is 1.82. The molecule has 0 saturated carbocycles. The van der Waals surface area contributed by atoms with Gasteiger partial charge in [-0.3, -0.25) is 14.6 Å². The fraction of sp³-hybridized carbons (Fsp3) is 0.933. The molecule has 5 heteroatoms. The molecule has 2 heterocycles. The third-order valence-corrected chi connectivity index (χ3v) is 4.45. The number of hydrogen-bond acceptors (Lipinski definition) is 4. The number of hydrogen-bond donors (Lipinski definition) is 2. The normalized spacial score (nSPS) is 28.4. The fourth-order valence-corrected chi connectivity index (χ4v) is 3.48. The fourth-order valence-electron chi connectivity index (χ4n) is 3.48. The van der Waals surface area contributed by atoms with Crippen molar-refractivity contribution in [3.8, 4) is 0 Å². The largest absolute Gasteiger partial charge is 0.395 e. The molecule has 2 rings (SSSR count). The van der Waals surface area contributed by atoms with Gasteiger partial charge in [0.05, 0.1) is 13.2 Å². The van der Waals surface area contributed by atoms with Crippen molar-refractivity contribution in [2.75, 3.05) is 32.8 Å². The highest BCUT2D eigenvalue weighted by Gasteiger charge is 2.31. The number of aliphatic hydroxyl groups is 1. The van der Waals surface area contributed by atoms with Crippen molar-refractivity contribution in [2.24, 2.45) is 0 Å². The highest BCUT2D eigenvalue weighted by molar-refractivity contribution is 5.78. The molecule has 0 aromatic carbocycles. The Morgan fingerprint density at radius 2 is 1.85 bits per heavy atom. The molecule has 5 nitrogen and oxygen atoms in total. The molecule has 2 atom stereocenters. The quantitative estimate of drug-likeness (QED) is 0.742. The first-order valence-corrected chi connectivity index (χ1v) is 7.98. The third kappa shape index (κ3) is 4.17. The van der Waals surface area contributed by atoms with E-state index in [0.29, 0.717) is 18.6 Å². The van der Waals surface area contributed by atoms with E-state index in [4.69, 9.17) is 0 Å². The molecule has 2 aliphatic heterocycles. The minimum atomic E-state index is 0.132. The maximum atomic E-state index is 11.9. The first kappa shape index (κ1) is 15.7. The highest BCUT2D eigenvalue weighted by atomic mass is 16.3. The van der Waals surface area contributed by atoms with Crippen LogP contribution in [0, 0.1) is 0 Å². The molecule has 2 saturated heterocycles. The van der Waals surface area contributed by atoms with Gasteiger partial charge in [-0.2, -0.15) is 0 Å². The van der Waals surface area contributed by atoms with Gasteiger partial charge in [-0.15, -0.1) is 0 Å². The van der Waals surface area contributed by atoms with Crippen molar-refractivity contribution in [1.29, 1.82) is 0 Å². The zero-order valence-electron chi connectivity index (χ0n) is 12.8. The zero-order valence-corrected chi connectivity index (χ0v) is 12.8. The molecular formula is C15H29N3O2. The number of carbonyl (C=O) groups is 1. The van der Waals surface area contributed by atoms with Gasteiger partial charge in [0.25, 0.3) is 0 Å². The average molecular weight is 283 g/mol. The number of amides is 1. The summed E-state index contributed by atoms with van der Waals surface area (Å²) in [5, 5.41) is 12.4. The van der Waals surface area contributed by atoms with Crippen molar-refractivity contribution in [1.82, 2.24) is 15.1 Å². The Morgan fingerprint density at radius 3 is 2.50 bits per heavy atom. The van der Waals surface area contributed by atoms with Crippen LogP contribution in [-0.4, -0.2) is 71.7 Å². The van der Waals surface area contributed by atoms with Gasteiger partial charge in [0, 0.05) is 24.7 Å². The molecule has 1 amide bonds. The Bertz CT molecular complexity index is 322. The summed E-state index contributed by atoms with van der Waals surface area (Å²) >= 11 is 0. The number of nitrogens with one attached hydrogen (secondary N) is 1. The molecule has 0 bridgehead atoms. The third-order valence-electron chi connectivity index (χ3n) is 4.45. The van der Waals surface area contributed by atoms with Crippen LogP contribution in [0.1, 0.15) is 39.5 Å². The molecular weight excluding hydrogens is 254 g/mol. The standard InChI is InChI=1S/C15H29N3O2/c1-12(2)16-15(20)10-18-8-3-5-13(18)9-17-7-4-6-14(17)11-19/h12-14,19H,3-11H2,1-2H3,(H,16,20). The first-order valence-electron chi connectivity index (χ1n) is 7.98. The van der Waals surface area contributed by atoms with E-state index in [1.807, 2.05) is 13.8 Å². The molecule has 0 spiro atoms. The van der Waals surface area contributed by atoms with Gasteiger partial charge in [0.15, 0.2) is 0 Å². The monoisotopic (exact) mass is 283 g/mol. The lowest BCUT2D eigenvalue weighted by Gasteiger charge is -2.31. The smallest absolute Gasteiger partial charge is 0.234 e. The summed E-state index contributed by atoms with van der Waals surface area (Å²) in [5.41, 5.74) is 0. The van der Waals surface area contributed by atoms with Crippen molar-refractivity contribution in [3.05, 3.63) is 0 Å². The second-order valence-electron chi connectivity index (χ2n) is 6.46. The predicted molar refractivity (Wildman–Crippen MR) is 79.6 cm³/mol. The van der Waals surface area contributed by atoms with Crippen LogP contribution in [0.25, 0.3) is 0 Å². The maximum Gasteiger partial charge on any atom is 0.234 e. The summed E-state index contributed by atoms with van der Waals surface area (Å²) in [4.78, 5) is 16.6. The zero-order chi connectivity index (χ0) is 14.5. The molecule has 2 aliphatic rings. The topological polar surface area (TPSA) is 55.8 Å². The van der Waals surface area contributed by atoms with E-state index >= 15 is 0 Å². The van der Waals surface area contributed by atoms with Crippen molar-refractivity contribution in [2.45, 2.75) is 57.7 Å². The van der Waals surface area contributed by atoms with Crippen LogP contribution in [0.4, 0.5) is 0 Å². The predicted octanol–water partition coefficient (Wildman–Crippen LogP) is 0.432. The van der Waals surface area contributed by atoms with Gasteiger partial charge in [0.1, 0.15) is 0 Å². The molecule has 0 aromatic rings. The Labute approximate surface area is 122 Å². The number of rotatable bonds is 6. The minimum absolute atomic E-state index is 0.132. The van der Waals surface area contributed by atoms with Crippen LogP contribution in [0.2, 0.25) is 0 Å². The van der Waals surface area contributed by atoms with Crippen molar-refractivity contribution in [3.63, 3.8) is 0 Å². The number of likely N-dealkylation sites (tertiary alicyclic amines) is 2. The lowest BCUT2D eigenvalue weighted by atomic mass is 10.2. The minimum Gasteiger partial charge on any atom is -0.395 e. The molecule has 2 unspecified atom stereocenters. The van der Waals surface area contributed by atoms with Gasteiger partial charge in [-0.05, 0) is 52.6 Å². The van der Waals surface area contributed by atoms with Gasteiger partial charge >= 0.3 is 0 Å². The average Bonchev–Trinajstić information content (AvgIpc) is 2.98. The Morgan fingerprint density at radius 1 is 1.20 bits per heavy atom. The molecule has 0 aliphatic carbocycles. The molecule has 0 aromatic heterocycles. The molecule has 20 heavy (non-hydrogen) atoms. The van der Waals surface area contributed by atoms with Crippen LogP contribution in [0.15, 0.2) is 0 Å². The lowest BCUT2D eigenvalue weighted by molar-refractivity contribution is -0.123. The molecule has 2 fully saturated rings. The summed E-state index contributed by atoms with van der Waals surface area (Å²) in [7, 11) is 0. The molecule has 2 N–H and O–H groups in total. The number of nitrogens with zero attached hydrogens (tertiary/aromatic N) is 2. The van der Waals surface area contributed by atoms with Gasteiger partial charge < -0.3 is 10.4 Å². The van der Waals surface area contributed by atoms with Gasteiger partial charge in [-0.1, -0.05) is 0 Å². The van der Waals surface area contributed by atoms with Gasteiger partial charge in [-0.25, -0.2) is 0 Å². The highest BCUT2D eigenvalue weighted by Crippen LogP contribution is 2.23. The van der Waals surface area contributed by atoms with E-state index in [1.54, 1.807) is 0 Å². The van der Waals surface area contributed by atoms with E-state index in [9.17, 15) is 9.90 Å². The summed E-state index contributed by atoms with van der Waals surface area (Å²) in [6.45, 7) is 7.88. The SMILES string of the molecule is CC(C)NC(=O)CN1CCCC1CN1CCCC1CO. The van der Waals surface area contributed by atoms with Crippen molar-refractivity contribution < 1.29 is 9.90 Å². The second kappa shape index (κ2) is 7.38. The van der Waals surface area contributed by atoms with Crippen molar-refractivity contribution >= 4 is 5.91 Å². The van der Waals surface area contributed by atoms with Crippen LogP contribution >= 0.6 is 0 Å². The molecule has 0 radical (unpaired) electrons.